The first-order valence-electron chi connectivity index (χ1n) is 3.41. The van der Waals surface area contributed by atoms with Crippen molar-refractivity contribution >= 4 is 0 Å². The molecule has 0 unspecified atom stereocenters. The van der Waals surface area contributed by atoms with Crippen LogP contribution in [-0.2, 0) is 0 Å². The molecule has 0 heteroatoms. The van der Waals surface area contributed by atoms with Crippen LogP contribution in [0.15, 0.2) is 0 Å². The normalized spacial score (nSPS) is 8.67. The first kappa shape index (κ1) is 16.0. The van der Waals surface area contributed by atoms with Crippen LogP contribution in [0.2, 0.25) is 0 Å². The van der Waals surface area contributed by atoms with Gasteiger partial charge in [0.15, 0.2) is 0 Å². The van der Waals surface area contributed by atoms with Gasteiger partial charge in [-0.3, -0.25) is 0 Å². The highest BCUT2D eigenvalue weighted by molar-refractivity contribution is 4.47. The third-order valence-electron chi connectivity index (χ3n) is 0. The zero-order valence-corrected chi connectivity index (χ0v) is 7.21. The second-order valence-electron chi connectivity index (χ2n) is 3.71. The van der Waals surface area contributed by atoms with Gasteiger partial charge >= 0.3 is 0 Å². The van der Waals surface area contributed by atoms with Crippen LogP contribution in [0.4, 0.5) is 0 Å². The molecule has 0 nitrogen and oxygen atoms in total. The Morgan fingerprint density at radius 2 is 0.889 bits per heavy atom. The van der Waals surface area contributed by atoms with Crippen molar-refractivity contribution in [2.24, 2.45) is 5.41 Å². The minimum atomic E-state index is 0. The first-order chi connectivity index (χ1) is 3.41. The molecule has 0 aliphatic heterocycles. The lowest BCUT2D eigenvalue weighted by Crippen LogP contribution is -1.93. The Hall–Kier alpha value is 0. The van der Waals surface area contributed by atoms with E-state index >= 15 is 0 Å². The fourth-order valence-corrected chi connectivity index (χ4v) is 0. The molecule has 0 atom stereocenters. The monoisotopic (exact) mass is 132 g/mol. The summed E-state index contributed by atoms with van der Waals surface area (Å²) in [6.45, 7) is 13.0. The van der Waals surface area contributed by atoms with Crippen LogP contribution in [-0.4, -0.2) is 0 Å². The topological polar surface area (TPSA) is 0 Å². The summed E-state index contributed by atoms with van der Waals surface area (Å²) < 4.78 is 0. The van der Waals surface area contributed by atoms with E-state index in [4.69, 9.17) is 0 Å². The molecule has 0 saturated carbocycles. The molecule has 0 rings (SSSR count). The SMILES string of the molecule is C.CC(C)(C)C.CCC. The Kier molecular flexibility index (Phi) is 14.2. The average molecular weight is 132 g/mol. The highest BCUT2D eigenvalue weighted by atomic mass is 14.0. The van der Waals surface area contributed by atoms with Gasteiger partial charge in [-0.25, -0.2) is 0 Å². The minimum absolute atomic E-state index is 0. The molecule has 0 heterocycles. The second kappa shape index (κ2) is 8.00. The van der Waals surface area contributed by atoms with Gasteiger partial charge < -0.3 is 0 Å². The van der Waals surface area contributed by atoms with E-state index in [9.17, 15) is 0 Å². The average Bonchev–Trinajstić information content (AvgIpc) is 1.27. The van der Waals surface area contributed by atoms with E-state index in [2.05, 4.69) is 41.5 Å². The molecular formula is C9H24. The second-order valence-corrected chi connectivity index (χ2v) is 3.71. The third-order valence-corrected chi connectivity index (χ3v) is 0. The van der Waals surface area contributed by atoms with E-state index in [0.29, 0.717) is 5.41 Å². The lowest BCUT2D eigenvalue weighted by atomic mass is 10.0. The van der Waals surface area contributed by atoms with Gasteiger partial charge in [-0.05, 0) is 5.41 Å². The largest absolute Gasteiger partial charge is 0.0776 e. The van der Waals surface area contributed by atoms with Crippen LogP contribution >= 0.6 is 0 Å². The smallest absolute Gasteiger partial charge is 0.0411 e. The zero-order chi connectivity index (χ0) is 7.21. The van der Waals surface area contributed by atoms with Gasteiger partial charge in [-0.1, -0.05) is 55.4 Å². The van der Waals surface area contributed by atoms with Crippen LogP contribution < -0.4 is 0 Å². The maximum Gasteiger partial charge on any atom is -0.0411 e. The summed E-state index contributed by atoms with van der Waals surface area (Å²) in [6.07, 6.45) is 1.25. The predicted molar refractivity (Wildman–Crippen MR) is 47.8 cm³/mol. The van der Waals surface area contributed by atoms with E-state index in [-0.39, 0.29) is 7.43 Å². The Bertz CT molecular complexity index is 23.8. The van der Waals surface area contributed by atoms with Crippen LogP contribution in [0, 0.1) is 5.41 Å². The molecule has 0 bridgehead atoms. The Labute approximate surface area is 61.7 Å². The molecule has 60 valence electrons. The molecular weight excluding hydrogens is 108 g/mol. The lowest BCUT2D eigenvalue weighted by Gasteiger charge is -2.05. The van der Waals surface area contributed by atoms with E-state index in [1.54, 1.807) is 0 Å². The van der Waals surface area contributed by atoms with Gasteiger partial charge in [0.1, 0.15) is 0 Å². The van der Waals surface area contributed by atoms with Crippen molar-refractivity contribution in [3.63, 3.8) is 0 Å². The van der Waals surface area contributed by atoms with Crippen LogP contribution in [0.1, 0.15) is 55.4 Å². The lowest BCUT2D eigenvalue weighted by molar-refractivity contribution is 0.469. The van der Waals surface area contributed by atoms with Crippen molar-refractivity contribution in [1.29, 1.82) is 0 Å². The molecule has 0 spiro atoms. The molecule has 0 fully saturated rings. The maximum absolute atomic E-state index is 2.19. The number of hydrogen-bond acceptors (Lipinski definition) is 0. The van der Waals surface area contributed by atoms with Crippen molar-refractivity contribution in [2.45, 2.75) is 55.4 Å². The molecule has 0 aliphatic carbocycles. The Morgan fingerprint density at radius 3 is 0.889 bits per heavy atom. The first-order valence-corrected chi connectivity index (χ1v) is 3.41. The van der Waals surface area contributed by atoms with Crippen LogP contribution in [0.25, 0.3) is 0 Å². The van der Waals surface area contributed by atoms with Crippen molar-refractivity contribution in [3.05, 3.63) is 0 Å². The highest BCUT2D eigenvalue weighted by Crippen LogP contribution is 2.07. The van der Waals surface area contributed by atoms with Gasteiger partial charge in [0.2, 0.25) is 0 Å². The van der Waals surface area contributed by atoms with E-state index < -0.39 is 0 Å². The molecule has 0 aliphatic rings. The standard InChI is InChI=1S/C5H12.C3H8.CH4/c1-5(2,3)4;1-3-2;/h1-4H3;3H2,1-2H3;1H4. The number of rotatable bonds is 0. The number of hydrogen-bond donors (Lipinski definition) is 0. The predicted octanol–water partition coefficient (Wildman–Crippen LogP) is 4.10. The van der Waals surface area contributed by atoms with Gasteiger partial charge in [0, 0.05) is 0 Å². The molecule has 0 radical (unpaired) electrons. The summed E-state index contributed by atoms with van der Waals surface area (Å²) >= 11 is 0. The minimum Gasteiger partial charge on any atom is -0.0776 e. The van der Waals surface area contributed by atoms with Crippen LogP contribution in [0.3, 0.4) is 0 Å². The molecule has 0 saturated heterocycles. The summed E-state index contributed by atoms with van der Waals surface area (Å²) in [6, 6.07) is 0. The summed E-state index contributed by atoms with van der Waals surface area (Å²) in [5.74, 6) is 0. The zero-order valence-electron chi connectivity index (χ0n) is 7.21. The Morgan fingerprint density at radius 1 is 0.889 bits per heavy atom. The molecule has 9 heavy (non-hydrogen) atoms. The van der Waals surface area contributed by atoms with Gasteiger partial charge in [0.25, 0.3) is 0 Å². The van der Waals surface area contributed by atoms with E-state index in [1.165, 1.54) is 6.42 Å². The van der Waals surface area contributed by atoms with Crippen LogP contribution in [0.5, 0.6) is 0 Å². The summed E-state index contributed by atoms with van der Waals surface area (Å²) in [4.78, 5) is 0. The van der Waals surface area contributed by atoms with Crippen molar-refractivity contribution in [1.82, 2.24) is 0 Å². The summed E-state index contributed by atoms with van der Waals surface area (Å²) in [5.41, 5.74) is 0.500. The molecule has 0 aromatic carbocycles. The fraction of sp³-hybridized carbons (Fsp3) is 1.00. The summed E-state index contributed by atoms with van der Waals surface area (Å²) in [5, 5.41) is 0. The molecule has 0 amide bonds. The fourth-order valence-electron chi connectivity index (χ4n) is 0. The Balaban J connectivity index is -0.0000000800. The van der Waals surface area contributed by atoms with E-state index in [0.717, 1.165) is 0 Å². The van der Waals surface area contributed by atoms with E-state index in [1.807, 2.05) is 0 Å². The third kappa shape index (κ3) is 0. The van der Waals surface area contributed by atoms with Gasteiger partial charge in [-0.15, -0.1) is 0 Å². The van der Waals surface area contributed by atoms with Crippen molar-refractivity contribution in [3.8, 4) is 0 Å². The van der Waals surface area contributed by atoms with Crippen molar-refractivity contribution in [2.75, 3.05) is 0 Å². The summed E-state index contributed by atoms with van der Waals surface area (Å²) in [7, 11) is 0. The maximum atomic E-state index is 2.19. The van der Waals surface area contributed by atoms with Gasteiger partial charge in [-0.2, -0.15) is 0 Å². The quantitative estimate of drug-likeness (QED) is 0.465. The molecule has 0 aromatic rings. The molecule has 0 aromatic heterocycles. The molecule has 0 N–H and O–H groups in total. The van der Waals surface area contributed by atoms with Gasteiger partial charge in [0.05, 0.1) is 0 Å². The highest BCUT2D eigenvalue weighted by Gasteiger charge is 1.95. The van der Waals surface area contributed by atoms with Crippen molar-refractivity contribution < 1.29 is 0 Å².